The highest BCUT2D eigenvalue weighted by molar-refractivity contribution is 6.30. The first-order chi connectivity index (χ1) is 8.13. The molecule has 2 rings (SSSR count). The van der Waals surface area contributed by atoms with Crippen molar-refractivity contribution in [2.45, 2.75) is 6.92 Å². The Morgan fingerprint density at radius 1 is 1.59 bits per heavy atom. The lowest BCUT2D eigenvalue weighted by atomic mass is 10.3. The number of fused-ring (bicyclic) bond motifs is 1. The van der Waals surface area contributed by atoms with Crippen LogP contribution in [0.3, 0.4) is 0 Å². The highest BCUT2D eigenvalue weighted by Crippen LogP contribution is 2.16. The standard InChI is InChI=1S/C11H13ClN4O/c1-7-10(11(17)14-5-4-13)16-6-8(12)2-3-9(16)15-7/h2-3,6H,4-5,13H2,1H3,(H,14,17). The highest BCUT2D eigenvalue weighted by atomic mass is 35.5. The van der Waals surface area contributed by atoms with Gasteiger partial charge in [-0.2, -0.15) is 0 Å². The summed E-state index contributed by atoms with van der Waals surface area (Å²) in [4.78, 5) is 16.2. The summed E-state index contributed by atoms with van der Waals surface area (Å²) < 4.78 is 1.68. The van der Waals surface area contributed by atoms with E-state index in [2.05, 4.69) is 10.3 Å². The highest BCUT2D eigenvalue weighted by Gasteiger charge is 2.15. The van der Waals surface area contributed by atoms with Gasteiger partial charge in [-0.1, -0.05) is 11.6 Å². The van der Waals surface area contributed by atoms with Crippen molar-refractivity contribution in [3.05, 3.63) is 34.7 Å². The molecule has 90 valence electrons. The monoisotopic (exact) mass is 252 g/mol. The van der Waals surface area contributed by atoms with Crippen molar-refractivity contribution >= 4 is 23.2 Å². The molecule has 0 aliphatic heterocycles. The first kappa shape index (κ1) is 11.9. The third-order valence-corrected chi connectivity index (χ3v) is 2.63. The normalized spacial score (nSPS) is 10.8. The Bertz CT molecular complexity index is 564. The second-order valence-electron chi connectivity index (χ2n) is 3.67. The number of imidazole rings is 1. The minimum Gasteiger partial charge on any atom is -0.349 e. The molecule has 0 aromatic carbocycles. The molecule has 5 nitrogen and oxygen atoms in total. The molecule has 1 amide bonds. The van der Waals surface area contributed by atoms with Gasteiger partial charge < -0.3 is 11.1 Å². The quantitative estimate of drug-likeness (QED) is 0.856. The minimum absolute atomic E-state index is 0.192. The van der Waals surface area contributed by atoms with Crippen LogP contribution in [0.2, 0.25) is 5.02 Å². The minimum atomic E-state index is -0.192. The van der Waals surface area contributed by atoms with Crippen LogP contribution in [0, 0.1) is 6.92 Å². The van der Waals surface area contributed by atoms with Gasteiger partial charge in [-0.15, -0.1) is 0 Å². The molecule has 2 aromatic rings. The molecular weight excluding hydrogens is 240 g/mol. The van der Waals surface area contributed by atoms with Gasteiger partial charge in [0, 0.05) is 19.3 Å². The van der Waals surface area contributed by atoms with Crippen molar-refractivity contribution < 1.29 is 4.79 Å². The summed E-state index contributed by atoms with van der Waals surface area (Å²) in [5, 5.41) is 3.28. The second-order valence-corrected chi connectivity index (χ2v) is 4.10. The van der Waals surface area contributed by atoms with Crippen molar-refractivity contribution in [2.75, 3.05) is 13.1 Å². The molecule has 0 saturated carbocycles. The van der Waals surface area contributed by atoms with Crippen LogP contribution >= 0.6 is 11.6 Å². The molecule has 0 spiro atoms. The lowest BCUT2D eigenvalue weighted by molar-refractivity contribution is 0.0948. The van der Waals surface area contributed by atoms with Crippen molar-refractivity contribution in [3.63, 3.8) is 0 Å². The van der Waals surface area contributed by atoms with Gasteiger partial charge in [-0.05, 0) is 19.1 Å². The number of pyridine rings is 1. The van der Waals surface area contributed by atoms with E-state index in [-0.39, 0.29) is 5.91 Å². The number of carbonyl (C=O) groups is 1. The average Bonchev–Trinajstić information content (AvgIpc) is 2.61. The van der Waals surface area contributed by atoms with E-state index in [1.807, 2.05) is 0 Å². The Morgan fingerprint density at radius 3 is 3.06 bits per heavy atom. The van der Waals surface area contributed by atoms with Crippen LogP contribution in [-0.4, -0.2) is 28.4 Å². The van der Waals surface area contributed by atoms with E-state index in [0.717, 1.165) is 0 Å². The van der Waals surface area contributed by atoms with Crippen LogP contribution in [0.1, 0.15) is 16.2 Å². The Morgan fingerprint density at radius 2 is 2.35 bits per heavy atom. The third-order valence-electron chi connectivity index (χ3n) is 2.40. The van der Waals surface area contributed by atoms with E-state index >= 15 is 0 Å². The fraction of sp³-hybridized carbons (Fsp3) is 0.273. The zero-order valence-electron chi connectivity index (χ0n) is 9.40. The molecule has 0 unspecified atom stereocenters. The van der Waals surface area contributed by atoms with Gasteiger partial charge in [0.2, 0.25) is 0 Å². The number of amides is 1. The maximum absolute atomic E-state index is 11.9. The van der Waals surface area contributed by atoms with E-state index in [1.165, 1.54) is 0 Å². The number of nitrogens with zero attached hydrogens (tertiary/aromatic N) is 2. The summed E-state index contributed by atoms with van der Waals surface area (Å²) in [7, 11) is 0. The van der Waals surface area contributed by atoms with Crippen LogP contribution in [-0.2, 0) is 0 Å². The summed E-state index contributed by atoms with van der Waals surface area (Å²) in [6.07, 6.45) is 1.67. The molecule has 3 N–H and O–H groups in total. The molecule has 17 heavy (non-hydrogen) atoms. The first-order valence-electron chi connectivity index (χ1n) is 5.26. The van der Waals surface area contributed by atoms with Crippen LogP contribution in [0.15, 0.2) is 18.3 Å². The average molecular weight is 253 g/mol. The van der Waals surface area contributed by atoms with E-state index in [9.17, 15) is 4.79 Å². The number of rotatable bonds is 3. The molecule has 0 fully saturated rings. The number of aromatic nitrogens is 2. The zero-order valence-corrected chi connectivity index (χ0v) is 10.2. The van der Waals surface area contributed by atoms with E-state index in [0.29, 0.717) is 35.1 Å². The predicted octanol–water partition coefficient (Wildman–Crippen LogP) is 0.985. The number of halogens is 1. The summed E-state index contributed by atoms with van der Waals surface area (Å²) in [6.45, 7) is 2.63. The van der Waals surface area contributed by atoms with Gasteiger partial charge in [0.25, 0.3) is 5.91 Å². The number of hydrogen-bond acceptors (Lipinski definition) is 3. The topological polar surface area (TPSA) is 72.4 Å². The number of carbonyl (C=O) groups excluding carboxylic acids is 1. The lowest BCUT2D eigenvalue weighted by Gasteiger charge is -2.04. The maximum Gasteiger partial charge on any atom is 0.270 e. The predicted molar refractivity (Wildman–Crippen MR) is 66.3 cm³/mol. The Labute approximate surface area is 104 Å². The van der Waals surface area contributed by atoms with Gasteiger partial charge in [0.1, 0.15) is 11.3 Å². The smallest absolute Gasteiger partial charge is 0.270 e. The Kier molecular flexibility index (Phi) is 3.31. The zero-order chi connectivity index (χ0) is 12.4. The van der Waals surface area contributed by atoms with Gasteiger partial charge in [0.15, 0.2) is 0 Å². The number of nitrogens with two attached hydrogens (primary N) is 1. The number of hydrogen-bond donors (Lipinski definition) is 2. The molecule has 0 saturated heterocycles. The van der Waals surface area contributed by atoms with E-state index in [1.54, 1.807) is 29.7 Å². The molecule has 0 aliphatic carbocycles. The summed E-state index contributed by atoms with van der Waals surface area (Å²) in [5.74, 6) is -0.192. The van der Waals surface area contributed by atoms with Crippen molar-refractivity contribution in [3.8, 4) is 0 Å². The Balaban J connectivity index is 2.48. The van der Waals surface area contributed by atoms with Crippen LogP contribution in [0.25, 0.3) is 5.65 Å². The first-order valence-corrected chi connectivity index (χ1v) is 5.63. The molecule has 6 heteroatoms. The molecule has 0 bridgehead atoms. The van der Waals surface area contributed by atoms with E-state index in [4.69, 9.17) is 17.3 Å². The van der Waals surface area contributed by atoms with Crippen molar-refractivity contribution in [2.24, 2.45) is 5.73 Å². The van der Waals surface area contributed by atoms with Crippen molar-refractivity contribution in [1.82, 2.24) is 14.7 Å². The number of nitrogens with one attached hydrogen (secondary N) is 1. The summed E-state index contributed by atoms with van der Waals surface area (Å²) in [5.41, 5.74) is 7.21. The van der Waals surface area contributed by atoms with Crippen LogP contribution in [0.4, 0.5) is 0 Å². The van der Waals surface area contributed by atoms with Crippen LogP contribution < -0.4 is 11.1 Å². The molecule has 0 radical (unpaired) electrons. The lowest BCUT2D eigenvalue weighted by Crippen LogP contribution is -2.30. The van der Waals surface area contributed by atoms with Crippen molar-refractivity contribution in [1.29, 1.82) is 0 Å². The molecule has 2 aromatic heterocycles. The molecule has 2 heterocycles. The SMILES string of the molecule is Cc1nc2ccc(Cl)cn2c1C(=O)NCCN. The largest absolute Gasteiger partial charge is 0.349 e. The van der Waals surface area contributed by atoms with Gasteiger partial charge in [0.05, 0.1) is 10.7 Å². The molecule has 0 aliphatic rings. The third kappa shape index (κ3) is 2.25. The fourth-order valence-corrected chi connectivity index (χ4v) is 1.84. The van der Waals surface area contributed by atoms with Crippen LogP contribution in [0.5, 0.6) is 0 Å². The Hall–Kier alpha value is -1.59. The fourth-order valence-electron chi connectivity index (χ4n) is 1.68. The van der Waals surface area contributed by atoms with E-state index < -0.39 is 0 Å². The summed E-state index contributed by atoms with van der Waals surface area (Å²) in [6, 6.07) is 3.51. The second kappa shape index (κ2) is 4.73. The van der Waals surface area contributed by atoms with Gasteiger partial charge in [-0.25, -0.2) is 4.98 Å². The van der Waals surface area contributed by atoms with Gasteiger partial charge >= 0.3 is 0 Å². The molecule has 0 atom stereocenters. The number of aryl methyl sites for hydroxylation is 1. The maximum atomic E-state index is 11.9. The van der Waals surface area contributed by atoms with Gasteiger partial charge in [-0.3, -0.25) is 9.20 Å². The summed E-state index contributed by atoms with van der Waals surface area (Å²) >= 11 is 5.91. The molecular formula is C11H13ClN4O.